The predicted molar refractivity (Wildman–Crippen MR) is 117 cm³/mol. The first-order chi connectivity index (χ1) is 14.8. The topological polar surface area (TPSA) is 102 Å². The highest BCUT2D eigenvalue weighted by atomic mass is 32.1. The van der Waals surface area contributed by atoms with E-state index in [1.807, 2.05) is 18.2 Å². The lowest BCUT2D eigenvalue weighted by molar-refractivity contribution is 0.0962. The van der Waals surface area contributed by atoms with E-state index in [1.54, 1.807) is 43.2 Å². The monoisotopic (exact) mass is 420 g/mol. The summed E-state index contributed by atoms with van der Waals surface area (Å²) in [4.78, 5) is 29.9. The standard InChI is InChI=1S/C21H20N6O2S/c1-22-20(28)14-9-15(11-23-10-14)29-8-4-7-25-19-18-16(17-5-2-3-6-24-17)12-30-21(18)27-13-26-19/h2-3,5-6,9-13H,4,7-8H2,1H3,(H,22,28)(H,25,26,27). The molecular formula is C21H20N6O2S. The van der Waals surface area contributed by atoms with Crippen LogP contribution >= 0.6 is 11.3 Å². The van der Waals surface area contributed by atoms with Gasteiger partial charge in [0.15, 0.2) is 0 Å². The Bertz CT molecular complexity index is 1150. The molecule has 30 heavy (non-hydrogen) atoms. The molecule has 4 rings (SSSR count). The van der Waals surface area contributed by atoms with Crippen LogP contribution in [0.5, 0.6) is 5.75 Å². The SMILES string of the molecule is CNC(=O)c1cncc(OCCCNc2ncnc3scc(-c4ccccn4)c23)c1. The number of thiophene rings is 1. The van der Waals surface area contributed by atoms with Gasteiger partial charge in [-0.05, 0) is 24.6 Å². The molecule has 0 unspecified atom stereocenters. The van der Waals surface area contributed by atoms with Crippen molar-refractivity contribution in [3.05, 3.63) is 60.1 Å². The lowest BCUT2D eigenvalue weighted by Gasteiger charge is -2.10. The minimum absolute atomic E-state index is 0.193. The second-order valence-electron chi connectivity index (χ2n) is 6.38. The van der Waals surface area contributed by atoms with Crippen LogP contribution in [0.4, 0.5) is 5.82 Å². The number of aromatic nitrogens is 4. The third-order valence-electron chi connectivity index (χ3n) is 4.40. The quantitative estimate of drug-likeness (QED) is 0.421. The molecule has 0 aliphatic carbocycles. The van der Waals surface area contributed by atoms with E-state index in [4.69, 9.17) is 4.74 Å². The molecule has 0 radical (unpaired) electrons. The van der Waals surface area contributed by atoms with Crippen molar-refractivity contribution < 1.29 is 9.53 Å². The second-order valence-corrected chi connectivity index (χ2v) is 7.24. The van der Waals surface area contributed by atoms with Crippen LogP contribution in [0.3, 0.4) is 0 Å². The van der Waals surface area contributed by atoms with E-state index < -0.39 is 0 Å². The Balaban J connectivity index is 1.38. The lowest BCUT2D eigenvalue weighted by Crippen LogP contribution is -2.18. The molecular weight excluding hydrogens is 400 g/mol. The Kier molecular flexibility index (Phi) is 6.09. The number of amides is 1. The van der Waals surface area contributed by atoms with E-state index in [9.17, 15) is 4.79 Å². The van der Waals surface area contributed by atoms with Crippen molar-refractivity contribution in [2.75, 3.05) is 25.5 Å². The number of rotatable bonds is 8. The zero-order valence-corrected chi connectivity index (χ0v) is 17.1. The summed E-state index contributed by atoms with van der Waals surface area (Å²) in [5.41, 5.74) is 2.39. The third kappa shape index (κ3) is 4.36. The Hall–Kier alpha value is -3.59. The van der Waals surface area contributed by atoms with Crippen LogP contribution in [-0.4, -0.2) is 46.0 Å². The fraction of sp³-hybridized carbons (Fsp3) is 0.190. The van der Waals surface area contributed by atoms with Crippen molar-refractivity contribution in [1.29, 1.82) is 0 Å². The number of pyridine rings is 2. The van der Waals surface area contributed by atoms with Gasteiger partial charge in [0, 0.05) is 36.9 Å². The van der Waals surface area contributed by atoms with Crippen LogP contribution in [0.1, 0.15) is 16.8 Å². The molecule has 0 atom stereocenters. The summed E-state index contributed by atoms with van der Waals surface area (Å²) in [5, 5.41) is 8.98. The molecule has 4 aromatic heterocycles. The molecule has 0 aromatic carbocycles. The van der Waals surface area contributed by atoms with Crippen LogP contribution in [-0.2, 0) is 0 Å². The largest absolute Gasteiger partial charge is 0.492 e. The molecule has 4 heterocycles. The van der Waals surface area contributed by atoms with Gasteiger partial charge >= 0.3 is 0 Å². The first-order valence-electron chi connectivity index (χ1n) is 9.43. The number of carbonyl (C=O) groups is 1. The van der Waals surface area contributed by atoms with Gasteiger partial charge in [0.05, 0.1) is 29.4 Å². The molecule has 0 aliphatic heterocycles. The molecule has 152 valence electrons. The van der Waals surface area contributed by atoms with Gasteiger partial charge < -0.3 is 15.4 Å². The third-order valence-corrected chi connectivity index (χ3v) is 5.28. The Morgan fingerprint density at radius 2 is 2.13 bits per heavy atom. The molecule has 2 N–H and O–H groups in total. The number of nitrogens with one attached hydrogen (secondary N) is 2. The van der Waals surface area contributed by atoms with Gasteiger partial charge in [-0.25, -0.2) is 9.97 Å². The molecule has 0 saturated heterocycles. The Morgan fingerprint density at radius 3 is 2.97 bits per heavy atom. The molecule has 0 aliphatic rings. The van der Waals surface area contributed by atoms with Gasteiger partial charge in [0.25, 0.3) is 5.91 Å². The number of hydrogen-bond acceptors (Lipinski definition) is 8. The van der Waals surface area contributed by atoms with Gasteiger partial charge in [-0.15, -0.1) is 11.3 Å². The van der Waals surface area contributed by atoms with Crippen molar-refractivity contribution >= 4 is 33.3 Å². The first kappa shape index (κ1) is 19.7. The number of hydrogen-bond donors (Lipinski definition) is 2. The molecule has 0 bridgehead atoms. The maximum absolute atomic E-state index is 11.7. The van der Waals surface area contributed by atoms with Crippen molar-refractivity contribution in [1.82, 2.24) is 25.3 Å². The fourth-order valence-electron chi connectivity index (χ4n) is 2.96. The van der Waals surface area contributed by atoms with Crippen molar-refractivity contribution in [2.45, 2.75) is 6.42 Å². The predicted octanol–water partition coefficient (Wildman–Crippen LogP) is 3.39. The van der Waals surface area contributed by atoms with Crippen molar-refractivity contribution in [3.8, 4) is 17.0 Å². The van der Waals surface area contributed by atoms with Crippen molar-refractivity contribution in [2.24, 2.45) is 0 Å². The van der Waals surface area contributed by atoms with Gasteiger partial charge in [-0.3, -0.25) is 14.8 Å². The minimum Gasteiger partial charge on any atom is -0.492 e. The van der Waals surface area contributed by atoms with Gasteiger partial charge in [0.2, 0.25) is 0 Å². The van der Waals surface area contributed by atoms with E-state index in [-0.39, 0.29) is 5.91 Å². The first-order valence-corrected chi connectivity index (χ1v) is 10.3. The van der Waals surface area contributed by atoms with Gasteiger partial charge in [-0.2, -0.15) is 0 Å². The van der Waals surface area contributed by atoms with Gasteiger partial charge in [-0.1, -0.05) is 6.07 Å². The lowest BCUT2D eigenvalue weighted by atomic mass is 10.1. The smallest absolute Gasteiger partial charge is 0.252 e. The van der Waals surface area contributed by atoms with Crippen LogP contribution < -0.4 is 15.4 Å². The van der Waals surface area contributed by atoms with E-state index in [2.05, 4.69) is 35.9 Å². The Morgan fingerprint density at radius 1 is 1.20 bits per heavy atom. The van der Waals surface area contributed by atoms with Gasteiger partial charge in [0.1, 0.15) is 22.7 Å². The maximum atomic E-state index is 11.7. The highest BCUT2D eigenvalue weighted by Gasteiger charge is 2.13. The van der Waals surface area contributed by atoms with E-state index in [1.165, 1.54) is 6.20 Å². The minimum atomic E-state index is -0.193. The Labute approximate surface area is 177 Å². The summed E-state index contributed by atoms with van der Waals surface area (Å²) >= 11 is 1.57. The molecule has 8 nitrogen and oxygen atoms in total. The number of nitrogens with zero attached hydrogens (tertiary/aromatic N) is 4. The number of ether oxygens (including phenoxy) is 1. The fourth-order valence-corrected chi connectivity index (χ4v) is 3.86. The summed E-state index contributed by atoms with van der Waals surface area (Å²) in [5.74, 6) is 1.16. The summed E-state index contributed by atoms with van der Waals surface area (Å²) in [6, 6.07) is 7.52. The van der Waals surface area contributed by atoms with Crippen LogP contribution in [0.2, 0.25) is 0 Å². The maximum Gasteiger partial charge on any atom is 0.252 e. The molecule has 4 aromatic rings. The average Bonchev–Trinajstić information content (AvgIpc) is 3.24. The summed E-state index contributed by atoms with van der Waals surface area (Å²) < 4.78 is 5.72. The van der Waals surface area contributed by atoms with Crippen LogP contribution in [0.25, 0.3) is 21.5 Å². The van der Waals surface area contributed by atoms with E-state index >= 15 is 0 Å². The summed E-state index contributed by atoms with van der Waals surface area (Å²) in [7, 11) is 1.58. The molecule has 0 spiro atoms. The summed E-state index contributed by atoms with van der Waals surface area (Å²) in [6.45, 7) is 1.16. The second kappa shape index (κ2) is 9.27. The van der Waals surface area contributed by atoms with Crippen LogP contribution in [0, 0.1) is 0 Å². The number of carbonyl (C=O) groups excluding carboxylic acids is 1. The molecule has 1 amide bonds. The molecule has 0 saturated carbocycles. The summed E-state index contributed by atoms with van der Waals surface area (Å²) in [6.07, 6.45) is 7.20. The number of fused-ring (bicyclic) bond motifs is 1. The zero-order valence-electron chi connectivity index (χ0n) is 16.3. The van der Waals surface area contributed by atoms with E-state index in [0.717, 1.165) is 33.7 Å². The number of anilines is 1. The normalized spacial score (nSPS) is 10.7. The zero-order chi connectivity index (χ0) is 20.8. The van der Waals surface area contributed by atoms with Crippen molar-refractivity contribution in [3.63, 3.8) is 0 Å². The van der Waals surface area contributed by atoms with Crippen LogP contribution in [0.15, 0.2) is 54.6 Å². The average molecular weight is 420 g/mol. The van der Waals surface area contributed by atoms with E-state index in [0.29, 0.717) is 24.5 Å². The molecule has 9 heteroatoms. The highest BCUT2D eigenvalue weighted by molar-refractivity contribution is 7.17. The highest BCUT2D eigenvalue weighted by Crippen LogP contribution is 2.35. The molecule has 0 fully saturated rings.